The molecule has 5 heteroatoms. The fraction of sp³-hybridized carbons (Fsp3) is 0.818. The molecule has 0 bridgehead atoms. The smallest absolute Gasteiger partial charge is 0.315 e. The molecule has 1 saturated carbocycles. The molecule has 4 nitrogen and oxygen atoms in total. The fourth-order valence-corrected chi connectivity index (χ4v) is 2.23. The molecule has 3 atom stereocenters. The molecule has 0 aromatic carbocycles. The highest BCUT2D eigenvalue weighted by Crippen LogP contribution is 2.27. The van der Waals surface area contributed by atoms with Gasteiger partial charge in [0.1, 0.15) is 5.38 Å². The molecule has 1 aliphatic rings. The molecule has 0 spiro atoms. The third-order valence-corrected chi connectivity index (χ3v) is 3.39. The van der Waals surface area contributed by atoms with Crippen molar-refractivity contribution in [1.82, 2.24) is 10.2 Å². The molecule has 1 aliphatic carbocycles. The predicted octanol–water partition coefficient (Wildman–Crippen LogP) is 3.36. The topological polar surface area (TPSA) is 51.0 Å². The summed E-state index contributed by atoms with van der Waals surface area (Å²) in [7, 11) is 0. The van der Waals surface area contributed by atoms with Crippen LogP contribution in [0, 0.1) is 5.92 Å². The van der Waals surface area contributed by atoms with E-state index in [-0.39, 0.29) is 5.38 Å². The number of nitrogens with one attached hydrogen (secondary N) is 1. The zero-order valence-electron chi connectivity index (χ0n) is 9.74. The molecule has 16 heavy (non-hydrogen) atoms. The Labute approximate surface area is 101 Å². The van der Waals surface area contributed by atoms with Crippen molar-refractivity contribution in [3.8, 4) is 0 Å². The summed E-state index contributed by atoms with van der Waals surface area (Å²) in [5.74, 6) is 1.14. The minimum absolute atomic E-state index is 0.230. The Kier molecular flexibility index (Phi) is 3.69. The molecule has 0 amide bonds. The quantitative estimate of drug-likeness (QED) is 0.827. The van der Waals surface area contributed by atoms with Gasteiger partial charge in [-0.3, -0.25) is 0 Å². The zero-order valence-corrected chi connectivity index (χ0v) is 10.5. The summed E-state index contributed by atoms with van der Waals surface area (Å²) >= 11 is 5.86. The third kappa shape index (κ3) is 2.67. The second-order valence-electron chi connectivity index (χ2n) is 4.57. The Balaban J connectivity index is 1.97. The van der Waals surface area contributed by atoms with Gasteiger partial charge in [-0.05, 0) is 25.7 Å². The Morgan fingerprint density at radius 3 is 2.75 bits per heavy atom. The van der Waals surface area contributed by atoms with Crippen molar-refractivity contribution in [3.05, 3.63) is 5.89 Å². The maximum absolute atomic E-state index is 5.86. The number of nitrogens with zero attached hydrogens (tertiary/aromatic N) is 2. The highest BCUT2D eigenvalue weighted by atomic mass is 35.5. The van der Waals surface area contributed by atoms with E-state index in [4.69, 9.17) is 16.0 Å². The van der Waals surface area contributed by atoms with E-state index in [1.165, 1.54) is 25.7 Å². The van der Waals surface area contributed by atoms with Crippen LogP contribution in [0.3, 0.4) is 0 Å². The molecule has 3 unspecified atom stereocenters. The van der Waals surface area contributed by atoms with Gasteiger partial charge in [0.15, 0.2) is 0 Å². The molecule has 0 radical (unpaired) electrons. The molecule has 2 rings (SSSR count). The van der Waals surface area contributed by atoms with Crippen LogP contribution in [0.5, 0.6) is 0 Å². The van der Waals surface area contributed by atoms with Gasteiger partial charge in [-0.25, -0.2) is 0 Å². The molecular formula is C11H18ClN3O. The van der Waals surface area contributed by atoms with Gasteiger partial charge < -0.3 is 9.73 Å². The normalized spacial score (nSPS) is 27.7. The molecule has 1 N–H and O–H groups in total. The monoisotopic (exact) mass is 243 g/mol. The van der Waals surface area contributed by atoms with E-state index in [9.17, 15) is 0 Å². The SMILES string of the molecule is CC(Cl)c1nnc(NC2CCCCC2C)o1. The second-order valence-corrected chi connectivity index (χ2v) is 5.23. The van der Waals surface area contributed by atoms with Gasteiger partial charge in [-0.15, -0.1) is 16.7 Å². The average molecular weight is 244 g/mol. The standard InChI is InChI=1S/C11H18ClN3O/c1-7-5-3-4-6-9(7)13-11-15-14-10(16-11)8(2)12/h7-9H,3-6H2,1-2H3,(H,13,15). The van der Waals surface area contributed by atoms with Crippen LogP contribution in [0.2, 0.25) is 0 Å². The number of alkyl halides is 1. The van der Waals surface area contributed by atoms with E-state index >= 15 is 0 Å². The minimum atomic E-state index is -0.230. The summed E-state index contributed by atoms with van der Waals surface area (Å²) in [6.07, 6.45) is 5.04. The molecule has 0 aliphatic heterocycles. The van der Waals surface area contributed by atoms with Crippen molar-refractivity contribution in [2.24, 2.45) is 5.92 Å². The second kappa shape index (κ2) is 5.04. The first kappa shape index (κ1) is 11.7. The summed E-state index contributed by atoms with van der Waals surface area (Å²) in [4.78, 5) is 0. The summed E-state index contributed by atoms with van der Waals surface area (Å²) < 4.78 is 5.43. The van der Waals surface area contributed by atoms with E-state index in [2.05, 4.69) is 22.4 Å². The van der Waals surface area contributed by atoms with Crippen molar-refractivity contribution in [2.45, 2.75) is 50.9 Å². The van der Waals surface area contributed by atoms with Gasteiger partial charge in [0.25, 0.3) is 0 Å². The van der Waals surface area contributed by atoms with Crippen LogP contribution < -0.4 is 5.32 Å². The van der Waals surface area contributed by atoms with Crippen molar-refractivity contribution in [1.29, 1.82) is 0 Å². The van der Waals surface area contributed by atoms with Crippen LogP contribution in [-0.4, -0.2) is 16.2 Å². The van der Waals surface area contributed by atoms with Crippen LogP contribution in [0.25, 0.3) is 0 Å². The first-order valence-corrected chi connectivity index (χ1v) is 6.34. The lowest BCUT2D eigenvalue weighted by Gasteiger charge is -2.28. The van der Waals surface area contributed by atoms with Crippen LogP contribution in [0.1, 0.15) is 50.8 Å². The van der Waals surface area contributed by atoms with E-state index in [1.807, 2.05) is 6.92 Å². The number of rotatable bonds is 3. The Morgan fingerprint density at radius 2 is 2.12 bits per heavy atom. The first-order chi connectivity index (χ1) is 7.66. The number of aromatic nitrogens is 2. The van der Waals surface area contributed by atoms with Crippen molar-refractivity contribution < 1.29 is 4.42 Å². The van der Waals surface area contributed by atoms with Gasteiger partial charge in [-0.1, -0.05) is 24.9 Å². The van der Waals surface area contributed by atoms with E-state index < -0.39 is 0 Å². The van der Waals surface area contributed by atoms with Crippen LogP contribution in [0.4, 0.5) is 6.01 Å². The summed E-state index contributed by atoms with van der Waals surface area (Å²) in [6, 6.07) is 0.953. The molecular weight excluding hydrogens is 226 g/mol. The molecule has 1 aromatic heterocycles. The Hall–Kier alpha value is -0.770. The average Bonchev–Trinajstić information content (AvgIpc) is 2.70. The van der Waals surface area contributed by atoms with Gasteiger partial charge >= 0.3 is 6.01 Å². The van der Waals surface area contributed by atoms with Gasteiger partial charge in [0.2, 0.25) is 5.89 Å². The largest absolute Gasteiger partial charge is 0.406 e. The lowest BCUT2D eigenvalue weighted by atomic mass is 9.86. The summed E-state index contributed by atoms with van der Waals surface area (Å²) in [5, 5.41) is 10.9. The molecule has 1 aromatic rings. The van der Waals surface area contributed by atoms with Crippen molar-refractivity contribution in [3.63, 3.8) is 0 Å². The van der Waals surface area contributed by atoms with Crippen LogP contribution >= 0.6 is 11.6 Å². The number of anilines is 1. The van der Waals surface area contributed by atoms with E-state index in [0.717, 1.165) is 0 Å². The maximum Gasteiger partial charge on any atom is 0.315 e. The highest BCUT2D eigenvalue weighted by Gasteiger charge is 2.23. The first-order valence-electron chi connectivity index (χ1n) is 5.91. The number of hydrogen-bond acceptors (Lipinski definition) is 4. The summed E-state index contributed by atoms with van der Waals surface area (Å²) in [5.41, 5.74) is 0. The number of hydrogen-bond donors (Lipinski definition) is 1. The van der Waals surface area contributed by atoms with Gasteiger partial charge in [-0.2, -0.15) is 0 Å². The Bertz CT molecular complexity index is 340. The van der Waals surface area contributed by atoms with Crippen molar-refractivity contribution in [2.75, 3.05) is 5.32 Å². The zero-order chi connectivity index (χ0) is 11.5. The summed E-state index contributed by atoms with van der Waals surface area (Å²) in [6.45, 7) is 4.08. The third-order valence-electron chi connectivity index (χ3n) is 3.20. The van der Waals surface area contributed by atoms with E-state index in [0.29, 0.717) is 23.9 Å². The molecule has 1 fully saturated rings. The predicted molar refractivity (Wildman–Crippen MR) is 63.6 cm³/mol. The molecule has 0 saturated heterocycles. The Morgan fingerprint density at radius 1 is 1.38 bits per heavy atom. The lowest BCUT2D eigenvalue weighted by molar-refractivity contribution is 0.342. The van der Waals surface area contributed by atoms with Crippen molar-refractivity contribution >= 4 is 17.6 Å². The minimum Gasteiger partial charge on any atom is -0.406 e. The molecule has 90 valence electrons. The molecule has 1 heterocycles. The fourth-order valence-electron chi connectivity index (χ4n) is 2.14. The van der Waals surface area contributed by atoms with Gasteiger partial charge in [0, 0.05) is 6.04 Å². The lowest BCUT2D eigenvalue weighted by Crippen LogP contribution is -2.30. The van der Waals surface area contributed by atoms with Crippen LogP contribution in [0.15, 0.2) is 4.42 Å². The van der Waals surface area contributed by atoms with Crippen LogP contribution in [-0.2, 0) is 0 Å². The van der Waals surface area contributed by atoms with Gasteiger partial charge in [0.05, 0.1) is 0 Å². The highest BCUT2D eigenvalue weighted by molar-refractivity contribution is 6.20. The number of halogens is 1. The van der Waals surface area contributed by atoms with E-state index in [1.54, 1.807) is 0 Å². The maximum atomic E-state index is 5.86.